The van der Waals surface area contributed by atoms with Gasteiger partial charge >= 0.3 is 0 Å². The summed E-state index contributed by atoms with van der Waals surface area (Å²) in [6.07, 6.45) is 5.71. The number of aromatic nitrogens is 3. The lowest BCUT2D eigenvalue weighted by Crippen LogP contribution is -2.34. The van der Waals surface area contributed by atoms with Crippen LogP contribution in [0, 0.1) is 0 Å². The van der Waals surface area contributed by atoms with Gasteiger partial charge in [0.15, 0.2) is 0 Å². The third-order valence-electron chi connectivity index (χ3n) is 3.14. The van der Waals surface area contributed by atoms with E-state index >= 15 is 0 Å². The number of nitrogens with two attached hydrogens (primary N) is 1. The quantitative estimate of drug-likeness (QED) is 0.713. The van der Waals surface area contributed by atoms with Gasteiger partial charge in [-0.1, -0.05) is 5.21 Å². The zero-order valence-corrected chi connectivity index (χ0v) is 10.9. The Bertz CT molecular complexity index is 457. The number of amides is 2. The third kappa shape index (κ3) is 3.60. The minimum atomic E-state index is -0.207. The maximum atomic E-state index is 11.9. The predicted molar refractivity (Wildman–Crippen MR) is 68.0 cm³/mol. The van der Waals surface area contributed by atoms with Gasteiger partial charge in [0.2, 0.25) is 5.91 Å². The molecule has 1 aliphatic heterocycles. The lowest BCUT2D eigenvalue weighted by Gasteiger charge is -2.12. The Balaban J connectivity index is 1.85. The fraction of sp³-hybridized carbons (Fsp3) is 0.667. The number of carbonyl (C=O) groups excluding carboxylic acids is 2. The smallest absolute Gasteiger partial charge is 0.250 e. The van der Waals surface area contributed by atoms with E-state index in [1.54, 1.807) is 6.20 Å². The van der Waals surface area contributed by atoms with Crippen LogP contribution in [0.4, 0.5) is 0 Å². The first kappa shape index (κ1) is 13.7. The van der Waals surface area contributed by atoms with E-state index in [2.05, 4.69) is 10.3 Å². The second-order valence-electron chi connectivity index (χ2n) is 4.70. The Morgan fingerprint density at radius 3 is 2.95 bits per heavy atom. The molecule has 1 saturated heterocycles. The molecule has 1 aliphatic rings. The van der Waals surface area contributed by atoms with Gasteiger partial charge in [-0.2, -0.15) is 0 Å². The van der Waals surface area contributed by atoms with Gasteiger partial charge in [-0.25, -0.2) is 4.68 Å². The van der Waals surface area contributed by atoms with E-state index in [9.17, 15) is 9.59 Å². The van der Waals surface area contributed by atoms with E-state index in [1.165, 1.54) is 9.58 Å². The van der Waals surface area contributed by atoms with Crippen molar-refractivity contribution in [2.75, 3.05) is 13.1 Å². The second kappa shape index (κ2) is 6.42. The number of hydrogen-bond acceptors (Lipinski definition) is 5. The van der Waals surface area contributed by atoms with Crippen molar-refractivity contribution in [1.82, 2.24) is 19.9 Å². The van der Waals surface area contributed by atoms with Crippen LogP contribution in [0.3, 0.4) is 0 Å². The Labute approximate surface area is 111 Å². The molecular weight excluding hydrogens is 246 g/mol. The number of carbonyl (C=O) groups is 2. The van der Waals surface area contributed by atoms with E-state index < -0.39 is 0 Å². The first-order chi connectivity index (χ1) is 9.20. The largest absolute Gasteiger partial charge is 0.330 e. The van der Waals surface area contributed by atoms with Crippen LogP contribution in [0.1, 0.15) is 31.4 Å². The van der Waals surface area contributed by atoms with Crippen molar-refractivity contribution in [1.29, 1.82) is 0 Å². The number of imide groups is 1. The molecule has 7 nitrogen and oxygen atoms in total. The average Bonchev–Trinajstić information content (AvgIpc) is 2.99. The first-order valence-electron chi connectivity index (χ1n) is 6.63. The number of unbranched alkanes of at least 4 members (excludes halogenated alkanes) is 1. The minimum Gasteiger partial charge on any atom is -0.330 e. The van der Waals surface area contributed by atoms with Crippen LogP contribution in [0.2, 0.25) is 0 Å². The standard InChI is InChI=1S/C12H19N5O2/c13-6-2-1-4-10-8-16(15-14-10)9-12(19)17-7-3-5-11(17)18/h8H,1-7,9,13H2. The summed E-state index contributed by atoms with van der Waals surface area (Å²) in [5.74, 6) is -0.297. The van der Waals surface area contributed by atoms with Crippen molar-refractivity contribution in [3.63, 3.8) is 0 Å². The van der Waals surface area contributed by atoms with E-state index in [-0.39, 0.29) is 18.4 Å². The van der Waals surface area contributed by atoms with Crippen molar-refractivity contribution < 1.29 is 9.59 Å². The predicted octanol–water partition coefficient (Wildman–Crippen LogP) is -0.292. The minimum absolute atomic E-state index is 0.0790. The highest BCUT2D eigenvalue weighted by atomic mass is 16.2. The summed E-state index contributed by atoms with van der Waals surface area (Å²) < 4.78 is 1.49. The molecule has 0 unspecified atom stereocenters. The van der Waals surface area contributed by atoms with Crippen LogP contribution in [0.15, 0.2) is 6.20 Å². The zero-order chi connectivity index (χ0) is 13.7. The number of aryl methyl sites for hydroxylation is 1. The van der Waals surface area contributed by atoms with Gasteiger partial charge in [0.25, 0.3) is 5.91 Å². The number of likely N-dealkylation sites (tertiary alicyclic amines) is 1. The third-order valence-corrected chi connectivity index (χ3v) is 3.14. The Morgan fingerprint density at radius 1 is 1.42 bits per heavy atom. The van der Waals surface area contributed by atoms with Crippen molar-refractivity contribution in [2.45, 2.75) is 38.6 Å². The van der Waals surface area contributed by atoms with Crippen LogP contribution in [0.5, 0.6) is 0 Å². The lowest BCUT2D eigenvalue weighted by molar-refractivity contribution is -0.142. The van der Waals surface area contributed by atoms with E-state index in [4.69, 9.17) is 5.73 Å². The zero-order valence-electron chi connectivity index (χ0n) is 10.9. The Morgan fingerprint density at radius 2 is 2.26 bits per heavy atom. The molecule has 2 heterocycles. The summed E-state index contributed by atoms with van der Waals surface area (Å²) >= 11 is 0. The highest BCUT2D eigenvalue weighted by molar-refractivity contribution is 5.96. The molecular formula is C12H19N5O2. The lowest BCUT2D eigenvalue weighted by atomic mass is 10.2. The van der Waals surface area contributed by atoms with Crippen molar-refractivity contribution in [3.05, 3.63) is 11.9 Å². The summed E-state index contributed by atoms with van der Waals surface area (Å²) in [5.41, 5.74) is 6.28. The summed E-state index contributed by atoms with van der Waals surface area (Å²) in [7, 11) is 0. The monoisotopic (exact) mass is 265 g/mol. The Hall–Kier alpha value is -1.76. The fourth-order valence-electron chi connectivity index (χ4n) is 2.12. The van der Waals surface area contributed by atoms with Gasteiger partial charge in [0, 0.05) is 19.2 Å². The fourth-order valence-corrected chi connectivity index (χ4v) is 2.12. The normalized spacial score (nSPS) is 15.2. The molecule has 0 atom stereocenters. The molecule has 0 aliphatic carbocycles. The van der Waals surface area contributed by atoms with Gasteiger partial charge < -0.3 is 5.73 Å². The molecule has 0 aromatic carbocycles. The second-order valence-corrected chi connectivity index (χ2v) is 4.70. The van der Waals surface area contributed by atoms with Crippen LogP contribution in [-0.4, -0.2) is 44.8 Å². The molecule has 0 radical (unpaired) electrons. The van der Waals surface area contributed by atoms with Crippen molar-refractivity contribution in [2.24, 2.45) is 5.73 Å². The van der Waals surface area contributed by atoms with E-state index in [0.29, 0.717) is 19.5 Å². The molecule has 1 fully saturated rings. The van der Waals surface area contributed by atoms with Gasteiger partial charge in [0.1, 0.15) is 6.54 Å². The maximum Gasteiger partial charge on any atom is 0.250 e. The number of hydrogen-bond donors (Lipinski definition) is 1. The van der Waals surface area contributed by atoms with E-state index in [1.807, 2.05) is 0 Å². The van der Waals surface area contributed by atoms with Crippen LogP contribution < -0.4 is 5.73 Å². The van der Waals surface area contributed by atoms with Gasteiger partial charge in [-0.15, -0.1) is 5.10 Å². The molecule has 2 rings (SSSR count). The van der Waals surface area contributed by atoms with Gasteiger partial charge in [-0.05, 0) is 32.2 Å². The maximum absolute atomic E-state index is 11.9. The number of rotatable bonds is 6. The van der Waals surface area contributed by atoms with Crippen LogP contribution in [-0.2, 0) is 22.6 Å². The van der Waals surface area contributed by atoms with E-state index in [0.717, 1.165) is 31.4 Å². The summed E-state index contributed by atoms with van der Waals surface area (Å²) in [5, 5.41) is 7.91. The number of nitrogens with zero attached hydrogens (tertiary/aromatic N) is 4. The molecule has 7 heteroatoms. The van der Waals surface area contributed by atoms with Gasteiger partial charge in [-0.3, -0.25) is 14.5 Å². The molecule has 1 aromatic heterocycles. The highest BCUT2D eigenvalue weighted by Gasteiger charge is 2.26. The highest BCUT2D eigenvalue weighted by Crippen LogP contribution is 2.10. The van der Waals surface area contributed by atoms with Crippen molar-refractivity contribution in [3.8, 4) is 0 Å². The SMILES string of the molecule is NCCCCc1cn(CC(=O)N2CCCC2=O)nn1. The summed E-state index contributed by atoms with van der Waals surface area (Å²) in [6, 6.07) is 0. The topological polar surface area (TPSA) is 94.1 Å². The summed E-state index contributed by atoms with van der Waals surface area (Å²) in [4.78, 5) is 24.6. The van der Waals surface area contributed by atoms with Crippen LogP contribution >= 0.6 is 0 Å². The van der Waals surface area contributed by atoms with Crippen LogP contribution in [0.25, 0.3) is 0 Å². The van der Waals surface area contributed by atoms with Crippen molar-refractivity contribution >= 4 is 11.8 Å². The van der Waals surface area contributed by atoms with Gasteiger partial charge in [0.05, 0.1) is 5.69 Å². The molecule has 2 N–H and O–H groups in total. The average molecular weight is 265 g/mol. The first-order valence-corrected chi connectivity index (χ1v) is 6.63. The molecule has 0 saturated carbocycles. The summed E-state index contributed by atoms with van der Waals surface area (Å²) in [6.45, 7) is 1.27. The molecule has 104 valence electrons. The Kier molecular flexibility index (Phi) is 4.62. The molecule has 0 bridgehead atoms. The molecule has 19 heavy (non-hydrogen) atoms. The molecule has 2 amide bonds. The molecule has 1 aromatic rings. The molecule has 0 spiro atoms.